The summed E-state index contributed by atoms with van der Waals surface area (Å²) in [6.45, 7) is -0.591. The number of halogens is 4. The molecule has 1 aromatic carbocycles. The lowest BCUT2D eigenvalue weighted by atomic mass is 9.92. The Labute approximate surface area is 110 Å². The van der Waals surface area contributed by atoms with Gasteiger partial charge >= 0.3 is 18.1 Å². The van der Waals surface area contributed by atoms with Gasteiger partial charge in [0.25, 0.3) is 0 Å². The molecule has 0 radical (unpaired) electrons. The second-order valence-corrected chi connectivity index (χ2v) is 4.43. The highest BCUT2D eigenvalue weighted by Gasteiger charge is 2.46. The van der Waals surface area contributed by atoms with Gasteiger partial charge in [-0.05, 0) is 30.2 Å². The first kappa shape index (κ1) is 14.3. The zero-order chi connectivity index (χ0) is 15.1. The van der Waals surface area contributed by atoms with E-state index < -0.39 is 36.3 Å². The number of nitrogens with zero attached hydrogens (tertiary/aromatic N) is 1. The molecule has 108 valence electrons. The molecule has 1 N–H and O–H groups in total. The van der Waals surface area contributed by atoms with Crippen LogP contribution in [0.4, 0.5) is 23.2 Å². The molecule has 0 spiro atoms. The summed E-state index contributed by atoms with van der Waals surface area (Å²) in [6, 6.07) is 2.92. The number of carbonyl (C=O) groups excluding carboxylic acids is 1. The third kappa shape index (κ3) is 2.59. The molecule has 0 aliphatic carbocycles. The van der Waals surface area contributed by atoms with Crippen LogP contribution in [0.25, 0.3) is 0 Å². The van der Waals surface area contributed by atoms with Crippen LogP contribution in [0, 0.1) is 11.7 Å². The molecule has 0 bridgehead atoms. The second kappa shape index (κ2) is 4.77. The van der Waals surface area contributed by atoms with Crippen LogP contribution in [-0.4, -0.2) is 29.7 Å². The van der Waals surface area contributed by atoms with Crippen LogP contribution in [0.15, 0.2) is 18.2 Å². The summed E-state index contributed by atoms with van der Waals surface area (Å²) in [5.74, 6) is -5.39. The number of carboxylic acids is 1. The van der Waals surface area contributed by atoms with Gasteiger partial charge < -0.3 is 10.0 Å². The van der Waals surface area contributed by atoms with Crippen molar-refractivity contribution >= 4 is 17.6 Å². The molecule has 1 heterocycles. The van der Waals surface area contributed by atoms with Crippen molar-refractivity contribution < 1.29 is 32.3 Å². The van der Waals surface area contributed by atoms with Gasteiger partial charge in [-0.2, -0.15) is 13.2 Å². The Morgan fingerprint density at radius 2 is 1.95 bits per heavy atom. The van der Waals surface area contributed by atoms with E-state index in [4.69, 9.17) is 5.11 Å². The van der Waals surface area contributed by atoms with E-state index in [1.807, 2.05) is 0 Å². The minimum Gasteiger partial charge on any atom is -0.481 e. The highest BCUT2D eigenvalue weighted by Crippen LogP contribution is 2.33. The molecule has 8 heteroatoms. The SMILES string of the molecule is O=C(O)C1Cc2cc(F)ccc2N(C(=O)C(F)(F)F)C1. The van der Waals surface area contributed by atoms with Gasteiger partial charge in [-0.15, -0.1) is 0 Å². The van der Waals surface area contributed by atoms with Crippen LogP contribution >= 0.6 is 0 Å². The Balaban J connectivity index is 2.47. The molecule has 0 saturated heterocycles. The normalized spacial score (nSPS) is 18.6. The van der Waals surface area contributed by atoms with E-state index in [9.17, 15) is 27.2 Å². The Bertz CT molecular complexity index is 570. The lowest BCUT2D eigenvalue weighted by Crippen LogP contribution is -2.48. The lowest BCUT2D eigenvalue weighted by molar-refractivity contribution is -0.170. The monoisotopic (exact) mass is 291 g/mol. The number of benzene rings is 1. The molecule has 20 heavy (non-hydrogen) atoms. The number of rotatable bonds is 1. The topological polar surface area (TPSA) is 57.6 Å². The van der Waals surface area contributed by atoms with Crippen molar-refractivity contribution in [2.45, 2.75) is 12.6 Å². The molecule has 1 atom stereocenters. The molecule has 2 rings (SSSR count). The smallest absolute Gasteiger partial charge is 0.471 e. The number of hydrogen-bond acceptors (Lipinski definition) is 2. The van der Waals surface area contributed by atoms with E-state index in [0.717, 1.165) is 18.2 Å². The van der Waals surface area contributed by atoms with Gasteiger partial charge in [-0.3, -0.25) is 9.59 Å². The van der Waals surface area contributed by atoms with Gasteiger partial charge in [-0.1, -0.05) is 0 Å². The Hall–Kier alpha value is -2.12. The van der Waals surface area contributed by atoms with Crippen LogP contribution in [-0.2, 0) is 16.0 Å². The van der Waals surface area contributed by atoms with Crippen LogP contribution in [0.3, 0.4) is 0 Å². The summed E-state index contributed by atoms with van der Waals surface area (Å²) in [6.07, 6.45) is -5.24. The predicted octanol–water partition coefficient (Wildman–Crippen LogP) is 1.98. The molecule has 0 saturated carbocycles. The van der Waals surface area contributed by atoms with Crippen LogP contribution in [0.1, 0.15) is 5.56 Å². The largest absolute Gasteiger partial charge is 0.481 e. The summed E-state index contributed by atoms with van der Waals surface area (Å²) >= 11 is 0. The van der Waals surface area contributed by atoms with Crippen LogP contribution in [0.5, 0.6) is 0 Å². The first-order valence-corrected chi connectivity index (χ1v) is 5.60. The molecular formula is C12H9F4NO3. The average Bonchev–Trinajstić information content (AvgIpc) is 2.34. The van der Waals surface area contributed by atoms with Gasteiger partial charge in [0.15, 0.2) is 0 Å². The van der Waals surface area contributed by atoms with E-state index >= 15 is 0 Å². The maximum Gasteiger partial charge on any atom is 0.471 e. The summed E-state index contributed by atoms with van der Waals surface area (Å²) in [7, 11) is 0. The number of fused-ring (bicyclic) bond motifs is 1. The molecule has 1 unspecified atom stereocenters. The maximum absolute atomic E-state index is 13.1. The zero-order valence-electron chi connectivity index (χ0n) is 9.95. The number of carbonyl (C=O) groups is 2. The van der Waals surface area contributed by atoms with E-state index in [1.165, 1.54) is 0 Å². The van der Waals surface area contributed by atoms with Crippen molar-refractivity contribution in [2.24, 2.45) is 5.92 Å². The van der Waals surface area contributed by atoms with Gasteiger partial charge in [0, 0.05) is 12.2 Å². The van der Waals surface area contributed by atoms with Gasteiger partial charge in [-0.25, -0.2) is 4.39 Å². The van der Waals surface area contributed by atoms with Gasteiger partial charge in [0.2, 0.25) is 0 Å². The molecule has 4 nitrogen and oxygen atoms in total. The quantitative estimate of drug-likeness (QED) is 0.805. The first-order valence-electron chi connectivity index (χ1n) is 5.60. The number of alkyl halides is 3. The van der Waals surface area contributed by atoms with E-state index in [0.29, 0.717) is 4.90 Å². The van der Waals surface area contributed by atoms with Crippen molar-refractivity contribution in [3.63, 3.8) is 0 Å². The fourth-order valence-corrected chi connectivity index (χ4v) is 2.14. The van der Waals surface area contributed by atoms with Crippen molar-refractivity contribution in [2.75, 3.05) is 11.4 Å². The number of aliphatic carboxylic acids is 1. The second-order valence-electron chi connectivity index (χ2n) is 4.43. The molecule has 1 aliphatic heterocycles. The molecule has 0 fully saturated rings. The maximum atomic E-state index is 13.1. The van der Waals surface area contributed by atoms with E-state index in [1.54, 1.807) is 0 Å². The van der Waals surface area contributed by atoms with E-state index in [-0.39, 0.29) is 17.7 Å². The Morgan fingerprint density at radius 1 is 1.30 bits per heavy atom. The molecule has 0 aromatic heterocycles. The average molecular weight is 291 g/mol. The third-order valence-electron chi connectivity index (χ3n) is 3.04. The zero-order valence-corrected chi connectivity index (χ0v) is 9.95. The number of carboxylic acid groups (broad SMARTS) is 1. The highest BCUT2D eigenvalue weighted by molar-refractivity contribution is 5.99. The number of amides is 1. The van der Waals surface area contributed by atoms with Gasteiger partial charge in [0.1, 0.15) is 5.82 Å². The predicted molar refractivity (Wildman–Crippen MR) is 59.6 cm³/mol. The van der Waals surface area contributed by atoms with Crippen LogP contribution < -0.4 is 4.90 Å². The lowest BCUT2D eigenvalue weighted by Gasteiger charge is -2.33. The first-order chi connectivity index (χ1) is 9.20. The number of hydrogen-bond donors (Lipinski definition) is 1. The van der Waals surface area contributed by atoms with E-state index in [2.05, 4.69) is 0 Å². The Morgan fingerprint density at radius 3 is 2.50 bits per heavy atom. The third-order valence-corrected chi connectivity index (χ3v) is 3.04. The fourth-order valence-electron chi connectivity index (χ4n) is 2.14. The minimum atomic E-state index is -5.12. The Kier molecular flexibility index (Phi) is 3.41. The summed E-state index contributed by atoms with van der Waals surface area (Å²) in [5.41, 5.74) is -0.0347. The summed E-state index contributed by atoms with van der Waals surface area (Å²) < 4.78 is 50.7. The molecule has 1 aliphatic rings. The summed E-state index contributed by atoms with van der Waals surface area (Å²) in [4.78, 5) is 22.6. The standard InChI is InChI=1S/C12H9F4NO3/c13-8-1-2-9-6(4-8)3-7(10(18)19)5-17(9)11(20)12(14,15)16/h1-2,4,7H,3,5H2,(H,18,19). The number of anilines is 1. The van der Waals surface area contributed by atoms with Crippen molar-refractivity contribution in [1.29, 1.82) is 0 Å². The van der Waals surface area contributed by atoms with Crippen molar-refractivity contribution in [3.8, 4) is 0 Å². The highest BCUT2D eigenvalue weighted by atomic mass is 19.4. The molecular weight excluding hydrogens is 282 g/mol. The fraction of sp³-hybridized carbons (Fsp3) is 0.333. The summed E-state index contributed by atoms with van der Waals surface area (Å²) in [5, 5.41) is 8.92. The van der Waals surface area contributed by atoms with Crippen molar-refractivity contribution in [1.82, 2.24) is 0 Å². The minimum absolute atomic E-state index is 0.0706. The van der Waals surface area contributed by atoms with Crippen molar-refractivity contribution in [3.05, 3.63) is 29.6 Å². The van der Waals surface area contributed by atoms with Crippen LogP contribution in [0.2, 0.25) is 0 Å². The van der Waals surface area contributed by atoms with Gasteiger partial charge in [0.05, 0.1) is 5.92 Å². The molecule has 1 aromatic rings. The molecule has 1 amide bonds.